The minimum atomic E-state index is -0.257. The average molecular weight is 289 g/mol. The van der Waals surface area contributed by atoms with Crippen LogP contribution in [0.5, 0.6) is 0 Å². The van der Waals surface area contributed by atoms with E-state index >= 15 is 0 Å². The fourth-order valence-corrected chi connectivity index (χ4v) is 3.57. The third kappa shape index (κ3) is 2.89. The predicted octanol–water partition coefficient (Wildman–Crippen LogP) is 2.23. The number of hydrogen-bond donors (Lipinski definition) is 3. The van der Waals surface area contributed by atoms with Gasteiger partial charge in [0, 0.05) is 23.8 Å². The normalized spacial score (nSPS) is 29.3. The van der Waals surface area contributed by atoms with Crippen molar-refractivity contribution in [3.63, 3.8) is 0 Å². The molecule has 0 aliphatic carbocycles. The van der Waals surface area contributed by atoms with Gasteiger partial charge in [0.25, 0.3) is 0 Å². The molecule has 0 spiro atoms. The summed E-state index contributed by atoms with van der Waals surface area (Å²) in [7, 11) is 0. The van der Waals surface area contributed by atoms with Gasteiger partial charge in [0.15, 0.2) is 0 Å². The number of aliphatic hydroxyl groups is 1. The third-order valence-corrected chi connectivity index (χ3v) is 4.61. The smallest absolute Gasteiger partial charge is 0.322 e. The Balaban J connectivity index is 1.71. The van der Waals surface area contributed by atoms with Gasteiger partial charge in [0.1, 0.15) is 0 Å². The Hall–Kier alpha value is -1.59. The van der Waals surface area contributed by atoms with Crippen LogP contribution in [0, 0.1) is 0 Å². The van der Waals surface area contributed by atoms with Crippen molar-refractivity contribution < 1.29 is 9.90 Å². The molecule has 3 unspecified atom stereocenters. The van der Waals surface area contributed by atoms with E-state index in [1.807, 2.05) is 36.1 Å². The molecule has 2 heterocycles. The number of rotatable bonds is 2. The Kier molecular flexibility index (Phi) is 3.87. The maximum atomic E-state index is 12.5. The van der Waals surface area contributed by atoms with Crippen molar-refractivity contribution in [2.45, 2.75) is 56.8 Å². The van der Waals surface area contributed by atoms with E-state index in [0.717, 1.165) is 24.1 Å². The molecule has 0 radical (unpaired) electrons. The fourth-order valence-electron chi connectivity index (χ4n) is 3.57. The number of nitrogens with zero attached hydrogens (tertiary/aromatic N) is 1. The Morgan fingerprint density at radius 1 is 1.38 bits per heavy atom. The number of piperidine rings is 1. The van der Waals surface area contributed by atoms with E-state index in [9.17, 15) is 9.90 Å². The highest BCUT2D eigenvalue weighted by Crippen LogP contribution is 2.36. The van der Waals surface area contributed by atoms with E-state index in [-0.39, 0.29) is 30.3 Å². The highest BCUT2D eigenvalue weighted by Gasteiger charge is 2.42. The zero-order valence-corrected chi connectivity index (χ0v) is 12.3. The zero-order chi connectivity index (χ0) is 15.0. The van der Waals surface area contributed by atoms with Crippen LogP contribution in [-0.4, -0.2) is 34.2 Å². The van der Waals surface area contributed by atoms with Gasteiger partial charge in [-0.25, -0.2) is 4.79 Å². The lowest BCUT2D eigenvalue weighted by atomic mass is 10.0. The van der Waals surface area contributed by atoms with Crippen LogP contribution in [0.3, 0.4) is 0 Å². The molecule has 2 bridgehead atoms. The number of fused-ring (bicyclic) bond motifs is 2. The number of benzene rings is 1. The lowest BCUT2D eigenvalue weighted by Crippen LogP contribution is -2.49. The first-order chi connectivity index (χ1) is 10.0. The molecule has 114 valence electrons. The van der Waals surface area contributed by atoms with E-state index in [1.54, 1.807) is 0 Å². The summed E-state index contributed by atoms with van der Waals surface area (Å²) in [4.78, 5) is 14.4. The average Bonchev–Trinajstić information content (AvgIpc) is 2.71. The monoisotopic (exact) mass is 289 g/mol. The first-order valence-electron chi connectivity index (χ1n) is 7.67. The molecule has 2 amide bonds. The molecule has 2 saturated heterocycles. The summed E-state index contributed by atoms with van der Waals surface area (Å²) in [5, 5.41) is 12.8. The van der Waals surface area contributed by atoms with E-state index in [4.69, 9.17) is 5.73 Å². The van der Waals surface area contributed by atoms with Crippen molar-refractivity contribution in [2.75, 3.05) is 5.32 Å². The Morgan fingerprint density at radius 3 is 2.67 bits per heavy atom. The van der Waals surface area contributed by atoms with Crippen molar-refractivity contribution in [3.05, 3.63) is 29.8 Å². The number of anilines is 1. The number of carbonyl (C=O) groups is 1. The fraction of sp³-hybridized carbons (Fsp3) is 0.562. The molecule has 0 aromatic heterocycles. The number of carbonyl (C=O) groups excluding carboxylic acids is 1. The zero-order valence-electron chi connectivity index (χ0n) is 12.3. The number of urea groups is 1. The lowest BCUT2D eigenvalue weighted by molar-refractivity contribution is 0.0580. The lowest BCUT2D eigenvalue weighted by Gasteiger charge is -2.37. The van der Waals surface area contributed by atoms with E-state index < -0.39 is 0 Å². The molecule has 2 aliphatic rings. The summed E-state index contributed by atoms with van der Waals surface area (Å²) < 4.78 is 0. The van der Waals surface area contributed by atoms with Crippen LogP contribution in [-0.2, 0) is 0 Å². The summed E-state index contributed by atoms with van der Waals surface area (Å²) in [6, 6.07) is 7.91. The van der Waals surface area contributed by atoms with Crippen molar-refractivity contribution in [1.29, 1.82) is 0 Å². The Labute approximate surface area is 125 Å². The van der Waals surface area contributed by atoms with Crippen LogP contribution < -0.4 is 11.1 Å². The quantitative estimate of drug-likeness (QED) is 0.781. The van der Waals surface area contributed by atoms with Gasteiger partial charge in [0.2, 0.25) is 0 Å². The van der Waals surface area contributed by atoms with Gasteiger partial charge < -0.3 is 21.1 Å². The van der Waals surface area contributed by atoms with Gasteiger partial charge in [-0.2, -0.15) is 0 Å². The second kappa shape index (κ2) is 5.66. The third-order valence-electron chi connectivity index (χ3n) is 4.61. The molecule has 4 N–H and O–H groups in total. The molecule has 3 atom stereocenters. The first kappa shape index (κ1) is 14.4. The molecule has 3 rings (SSSR count). The van der Waals surface area contributed by atoms with Crippen molar-refractivity contribution in [1.82, 2.24) is 4.90 Å². The number of nitrogens with one attached hydrogen (secondary N) is 1. The molecule has 1 aromatic carbocycles. The minimum absolute atomic E-state index is 0.0526. The highest BCUT2D eigenvalue weighted by atomic mass is 16.3. The summed E-state index contributed by atoms with van der Waals surface area (Å²) in [5.41, 5.74) is 7.66. The molecule has 2 aliphatic heterocycles. The largest absolute Gasteiger partial charge is 0.393 e. The van der Waals surface area contributed by atoms with E-state index in [1.165, 1.54) is 0 Å². The second-order valence-corrected chi connectivity index (χ2v) is 6.26. The molecule has 0 saturated carbocycles. The van der Waals surface area contributed by atoms with Gasteiger partial charge in [-0.3, -0.25) is 0 Å². The second-order valence-electron chi connectivity index (χ2n) is 6.26. The van der Waals surface area contributed by atoms with Crippen LogP contribution in [0.15, 0.2) is 24.3 Å². The van der Waals surface area contributed by atoms with E-state index in [0.29, 0.717) is 12.8 Å². The summed E-state index contributed by atoms with van der Waals surface area (Å²) in [6.07, 6.45) is 3.13. The SMILES string of the molecule is CC(N)c1cccc(NC(=O)N2C3CCC2CC(O)C3)c1. The molecule has 5 heteroatoms. The first-order valence-corrected chi connectivity index (χ1v) is 7.67. The van der Waals surface area contributed by atoms with Crippen molar-refractivity contribution >= 4 is 11.7 Å². The van der Waals surface area contributed by atoms with Gasteiger partial charge in [-0.05, 0) is 50.3 Å². The van der Waals surface area contributed by atoms with Crippen molar-refractivity contribution in [3.8, 4) is 0 Å². The van der Waals surface area contributed by atoms with Crippen LogP contribution in [0.2, 0.25) is 0 Å². The van der Waals surface area contributed by atoms with E-state index in [2.05, 4.69) is 5.32 Å². The Morgan fingerprint density at radius 2 is 2.05 bits per heavy atom. The number of amides is 2. The summed E-state index contributed by atoms with van der Waals surface area (Å²) >= 11 is 0. The molecular weight excluding hydrogens is 266 g/mol. The summed E-state index contributed by atoms with van der Waals surface area (Å²) in [6.45, 7) is 1.92. The highest BCUT2D eigenvalue weighted by molar-refractivity contribution is 5.90. The van der Waals surface area contributed by atoms with Crippen LogP contribution in [0.1, 0.15) is 44.2 Å². The predicted molar refractivity (Wildman–Crippen MR) is 82.0 cm³/mol. The van der Waals surface area contributed by atoms with Crippen LogP contribution in [0.25, 0.3) is 0 Å². The van der Waals surface area contributed by atoms with Gasteiger partial charge in [0.05, 0.1) is 6.10 Å². The number of aliphatic hydroxyl groups excluding tert-OH is 1. The van der Waals surface area contributed by atoms with Gasteiger partial charge in [-0.1, -0.05) is 12.1 Å². The topological polar surface area (TPSA) is 78.6 Å². The van der Waals surface area contributed by atoms with Crippen LogP contribution >= 0.6 is 0 Å². The van der Waals surface area contributed by atoms with Crippen LogP contribution in [0.4, 0.5) is 10.5 Å². The number of hydrogen-bond acceptors (Lipinski definition) is 3. The van der Waals surface area contributed by atoms with Gasteiger partial charge >= 0.3 is 6.03 Å². The molecule has 1 aromatic rings. The standard InChI is InChI=1S/C16H23N3O2/c1-10(17)11-3-2-4-12(7-11)18-16(21)19-13-5-6-14(19)9-15(20)8-13/h2-4,7,10,13-15,20H,5-6,8-9,17H2,1H3,(H,18,21). The Bertz CT molecular complexity index is 518. The maximum Gasteiger partial charge on any atom is 0.322 e. The molecule has 2 fully saturated rings. The molecular formula is C16H23N3O2. The molecule has 5 nitrogen and oxygen atoms in total. The summed E-state index contributed by atoms with van der Waals surface area (Å²) in [5.74, 6) is 0. The van der Waals surface area contributed by atoms with Gasteiger partial charge in [-0.15, -0.1) is 0 Å². The minimum Gasteiger partial charge on any atom is -0.393 e. The number of nitrogens with two attached hydrogens (primary N) is 1. The molecule has 21 heavy (non-hydrogen) atoms. The van der Waals surface area contributed by atoms with Crippen molar-refractivity contribution in [2.24, 2.45) is 5.73 Å². The maximum absolute atomic E-state index is 12.5.